The Morgan fingerprint density at radius 2 is 1.67 bits per heavy atom. The molecule has 0 fully saturated rings. The lowest BCUT2D eigenvalue weighted by Crippen LogP contribution is -2.25. The average molecular weight is 425 g/mol. The fraction of sp³-hybridized carbons (Fsp3) is 0.174. The number of ether oxygens (including phenoxy) is 1. The molecule has 30 heavy (non-hydrogen) atoms. The Kier molecular flexibility index (Phi) is 7.08. The van der Waals surface area contributed by atoms with Gasteiger partial charge in [-0.3, -0.25) is 9.52 Å². The normalized spacial score (nSPS) is 11.0. The van der Waals surface area contributed by atoms with Crippen LogP contribution in [0.1, 0.15) is 22.3 Å². The van der Waals surface area contributed by atoms with Crippen molar-refractivity contribution in [1.29, 1.82) is 0 Å². The number of aryl methyl sites for hydroxylation is 1. The minimum Gasteiger partial charge on any atom is -0.497 e. The molecular weight excluding hydrogens is 400 g/mol. The van der Waals surface area contributed by atoms with E-state index in [1.807, 2.05) is 24.3 Å². The largest absolute Gasteiger partial charge is 0.497 e. The third-order valence-electron chi connectivity index (χ3n) is 4.52. The molecule has 0 saturated carbocycles. The van der Waals surface area contributed by atoms with Crippen LogP contribution in [0.5, 0.6) is 5.75 Å². The number of hydrogen-bond acceptors (Lipinski definition) is 4. The van der Waals surface area contributed by atoms with Crippen LogP contribution in [0.4, 0.5) is 5.69 Å². The van der Waals surface area contributed by atoms with Crippen LogP contribution in [-0.2, 0) is 16.4 Å². The molecule has 0 aliphatic heterocycles. The topological polar surface area (TPSA) is 84.5 Å². The summed E-state index contributed by atoms with van der Waals surface area (Å²) < 4.78 is 32.8. The third-order valence-corrected chi connectivity index (χ3v) is 5.90. The zero-order valence-electron chi connectivity index (χ0n) is 16.7. The fourth-order valence-electron chi connectivity index (χ4n) is 2.91. The first-order valence-corrected chi connectivity index (χ1v) is 11.1. The molecule has 1 amide bonds. The van der Waals surface area contributed by atoms with E-state index in [0.29, 0.717) is 17.8 Å². The number of para-hydroxylation sites is 1. The van der Waals surface area contributed by atoms with Gasteiger partial charge in [0.25, 0.3) is 15.9 Å². The highest BCUT2D eigenvalue weighted by Gasteiger charge is 2.16. The van der Waals surface area contributed by atoms with Gasteiger partial charge in [0, 0.05) is 17.8 Å². The first-order valence-electron chi connectivity index (χ1n) is 9.57. The molecule has 0 aliphatic rings. The summed E-state index contributed by atoms with van der Waals surface area (Å²) in [6.45, 7) is 0.490. The fourth-order valence-corrected chi connectivity index (χ4v) is 4.02. The summed E-state index contributed by atoms with van der Waals surface area (Å²) in [4.78, 5) is 12.5. The molecule has 3 aromatic rings. The Balaban J connectivity index is 1.56. The number of methoxy groups -OCH3 is 1. The predicted molar refractivity (Wildman–Crippen MR) is 117 cm³/mol. The number of anilines is 1. The van der Waals surface area contributed by atoms with E-state index in [0.717, 1.165) is 24.2 Å². The van der Waals surface area contributed by atoms with Crippen LogP contribution in [0.2, 0.25) is 0 Å². The van der Waals surface area contributed by atoms with Crippen molar-refractivity contribution < 1.29 is 17.9 Å². The molecule has 6 nitrogen and oxygen atoms in total. The molecule has 0 saturated heterocycles. The van der Waals surface area contributed by atoms with Crippen molar-refractivity contribution in [3.05, 3.63) is 90.0 Å². The van der Waals surface area contributed by atoms with Gasteiger partial charge in [0.15, 0.2) is 0 Å². The molecular formula is C23H24N2O4S. The number of benzene rings is 3. The summed E-state index contributed by atoms with van der Waals surface area (Å²) in [6.07, 6.45) is 1.59. The molecule has 0 unspecified atom stereocenters. The molecule has 0 spiro atoms. The van der Waals surface area contributed by atoms with E-state index in [2.05, 4.69) is 10.0 Å². The van der Waals surface area contributed by atoms with Gasteiger partial charge in [-0.05, 0) is 60.9 Å². The Labute approximate surface area is 177 Å². The van der Waals surface area contributed by atoms with Gasteiger partial charge in [-0.15, -0.1) is 0 Å². The monoisotopic (exact) mass is 424 g/mol. The van der Waals surface area contributed by atoms with Crippen molar-refractivity contribution in [2.45, 2.75) is 17.7 Å². The summed E-state index contributed by atoms with van der Waals surface area (Å²) in [5, 5.41) is 2.84. The second kappa shape index (κ2) is 9.93. The van der Waals surface area contributed by atoms with Gasteiger partial charge in [0.2, 0.25) is 0 Å². The summed E-state index contributed by atoms with van der Waals surface area (Å²) in [5.41, 5.74) is 1.92. The van der Waals surface area contributed by atoms with Crippen LogP contribution < -0.4 is 14.8 Å². The number of amides is 1. The van der Waals surface area contributed by atoms with E-state index in [1.54, 1.807) is 49.6 Å². The van der Waals surface area contributed by atoms with Crippen molar-refractivity contribution in [2.24, 2.45) is 0 Å². The SMILES string of the molecule is COc1ccc(CCCNC(=O)c2cccc(S(=O)(=O)Nc3ccccc3)c2)cc1. The molecule has 3 aromatic carbocycles. The van der Waals surface area contributed by atoms with Crippen LogP contribution in [0.15, 0.2) is 83.8 Å². The Morgan fingerprint density at radius 1 is 0.933 bits per heavy atom. The molecule has 3 rings (SSSR count). The van der Waals surface area contributed by atoms with Crippen LogP contribution >= 0.6 is 0 Å². The van der Waals surface area contributed by atoms with Gasteiger partial charge in [-0.1, -0.05) is 36.4 Å². The summed E-state index contributed by atoms with van der Waals surface area (Å²) in [5.74, 6) is 0.505. The molecule has 7 heteroatoms. The summed E-state index contributed by atoms with van der Waals surface area (Å²) >= 11 is 0. The third kappa shape index (κ3) is 5.84. The second-order valence-corrected chi connectivity index (χ2v) is 8.39. The van der Waals surface area contributed by atoms with E-state index < -0.39 is 10.0 Å². The number of nitrogens with one attached hydrogen (secondary N) is 2. The standard InChI is InChI=1S/C23H24N2O4S/c1-29-21-14-12-18(13-15-21)7-6-16-24-23(26)19-8-5-11-22(17-19)30(27,28)25-20-9-3-2-4-10-20/h2-5,8-15,17,25H,6-7,16H2,1H3,(H,24,26). The van der Waals surface area contributed by atoms with Gasteiger partial charge >= 0.3 is 0 Å². The van der Waals surface area contributed by atoms with E-state index >= 15 is 0 Å². The lowest BCUT2D eigenvalue weighted by atomic mass is 10.1. The van der Waals surface area contributed by atoms with Crippen molar-refractivity contribution in [3.63, 3.8) is 0 Å². The first-order chi connectivity index (χ1) is 14.5. The zero-order valence-corrected chi connectivity index (χ0v) is 17.5. The molecule has 0 atom stereocenters. The quantitative estimate of drug-likeness (QED) is 0.511. The molecule has 0 heterocycles. The van der Waals surface area contributed by atoms with Gasteiger partial charge < -0.3 is 10.1 Å². The number of carbonyl (C=O) groups excluding carboxylic acids is 1. The molecule has 0 radical (unpaired) electrons. The first kappa shape index (κ1) is 21.4. The van der Waals surface area contributed by atoms with Gasteiger partial charge in [0.1, 0.15) is 5.75 Å². The molecule has 0 aromatic heterocycles. The Morgan fingerprint density at radius 3 is 2.37 bits per heavy atom. The smallest absolute Gasteiger partial charge is 0.261 e. The highest BCUT2D eigenvalue weighted by Crippen LogP contribution is 2.17. The van der Waals surface area contributed by atoms with Crippen LogP contribution in [0.3, 0.4) is 0 Å². The minimum absolute atomic E-state index is 0.0391. The molecule has 0 aliphatic carbocycles. The number of carbonyl (C=O) groups is 1. The van der Waals surface area contributed by atoms with Crippen molar-refractivity contribution in [3.8, 4) is 5.75 Å². The highest BCUT2D eigenvalue weighted by molar-refractivity contribution is 7.92. The summed E-state index contributed by atoms with van der Waals surface area (Å²) in [7, 11) is -2.15. The summed E-state index contributed by atoms with van der Waals surface area (Å²) in [6, 6.07) is 22.4. The molecule has 0 bridgehead atoms. The Bertz CT molecular complexity index is 1080. The van der Waals surface area contributed by atoms with Crippen molar-refractivity contribution >= 4 is 21.6 Å². The average Bonchev–Trinajstić information content (AvgIpc) is 2.77. The van der Waals surface area contributed by atoms with Crippen molar-refractivity contribution in [1.82, 2.24) is 5.32 Å². The van der Waals surface area contributed by atoms with Gasteiger partial charge in [-0.25, -0.2) is 8.42 Å². The molecule has 2 N–H and O–H groups in total. The maximum Gasteiger partial charge on any atom is 0.261 e. The van der Waals surface area contributed by atoms with Gasteiger partial charge in [0.05, 0.1) is 12.0 Å². The number of hydrogen-bond donors (Lipinski definition) is 2. The van der Waals surface area contributed by atoms with Crippen LogP contribution in [0, 0.1) is 0 Å². The highest BCUT2D eigenvalue weighted by atomic mass is 32.2. The van der Waals surface area contributed by atoms with Crippen LogP contribution in [-0.4, -0.2) is 28.0 Å². The second-order valence-electron chi connectivity index (χ2n) is 6.71. The lowest BCUT2D eigenvalue weighted by molar-refractivity contribution is 0.0953. The lowest BCUT2D eigenvalue weighted by Gasteiger charge is -2.10. The van der Waals surface area contributed by atoms with E-state index in [-0.39, 0.29) is 10.8 Å². The van der Waals surface area contributed by atoms with Crippen molar-refractivity contribution in [2.75, 3.05) is 18.4 Å². The molecule has 156 valence electrons. The zero-order chi connectivity index (χ0) is 21.4. The maximum atomic E-state index is 12.6. The van der Waals surface area contributed by atoms with E-state index in [1.165, 1.54) is 12.1 Å². The number of rotatable bonds is 9. The minimum atomic E-state index is -3.78. The van der Waals surface area contributed by atoms with Crippen LogP contribution in [0.25, 0.3) is 0 Å². The Hall–Kier alpha value is -3.32. The van der Waals surface area contributed by atoms with Gasteiger partial charge in [-0.2, -0.15) is 0 Å². The van der Waals surface area contributed by atoms with E-state index in [9.17, 15) is 13.2 Å². The maximum absolute atomic E-state index is 12.6. The van der Waals surface area contributed by atoms with E-state index in [4.69, 9.17) is 4.74 Å². The number of sulfonamides is 1. The predicted octanol–water partition coefficient (Wildman–Crippen LogP) is 3.86.